The van der Waals surface area contributed by atoms with Gasteiger partial charge in [-0.3, -0.25) is 4.79 Å². The Morgan fingerprint density at radius 2 is 2.22 bits per heavy atom. The Morgan fingerprint density at radius 3 is 2.89 bits per heavy atom. The van der Waals surface area contributed by atoms with Crippen molar-refractivity contribution >= 4 is 5.97 Å². The minimum absolute atomic E-state index is 0.234. The van der Waals surface area contributed by atoms with Gasteiger partial charge in [0.15, 0.2) is 6.29 Å². The summed E-state index contributed by atoms with van der Waals surface area (Å²) in [5.74, 6) is 5.60. The van der Waals surface area contributed by atoms with Crippen LogP contribution in [0, 0.1) is 11.8 Å². The third kappa shape index (κ3) is 5.00. The van der Waals surface area contributed by atoms with E-state index in [9.17, 15) is 4.79 Å². The molecule has 0 radical (unpaired) electrons. The van der Waals surface area contributed by atoms with Gasteiger partial charge in [0.1, 0.15) is 0 Å². The normalized spacial score (nSPS) is 9.78. The first-order chi connectivity index (χ1) is 8.63. The van der Waals surface area contributed by atoms with Crippen molar-refractivity contribution in [2.45, 2.75) is 25.6 Å². The van der Waals surface area contributed by atoms with Crippen molar-refractivity contribution in [3.63, 3.8) is 0 Å². The van der Waals surface area contributed by atoms with Crippen LogP contribution in [0.1, 0.15) is 36.7 Å². The fourth-order valence-electron chi connectivity index (χ4n) is 1.36. The highest BCUT2D eigenvalue weighted by atomic mass is 16.5. The van der Waals surface area contributed by atoms with Gasteiger partial charge in [0.05, 0.1) is 7.11 Å². The average Bonchev–Trinajstić information content (AvgIpc) is 2.38. The molecule has 0 aliphatic carbocycles. The lowest BCUT2D eigenvalue weighted by Crippen LogP contribution is -1.98. The molecular weight excluding hydrogens is 232 g/mol. The number of carbonyl (C=O) groups is 1. The molecule has 0 saturated carbocycles. The van der Waals surface area contributed by atoms with Gasteiger partial charge in [-0.05, 0) is 18.6 Å². The summed E-state index contributed by atoms with van der Waals surface area (Å²) in [6.07, 6.45) is 0.134. The predicted molar refractivity (Wildman–Crippen MR) is 66.4 cm³/mol. The van der Waals surface area contributed by atoms with E-state index in [0.717, 1.165) is 5.56 Å². The van der Waals surface area contributed by atoms with E-state index >= 15 is 0 Å². The largest absolute Gasteiger partial charge is 0.469 e. The number of rotatable bonds is 4. The van der Waals surface area contributed by atoms with Crippen molar-refractivity contribution < 1.29 is 19.7 Å². The third-order valence-corrected chi connectivity index (χ3v) is 2.33. The number of benzene rings is 1. The molecule has 0 atom stereocenters. The molecule has 96 valence electrons. The average molecular weight is 248 g/mol. The second-order valence-electron chi connectivity index (χ2n) is 3.73. The number of methoxy groups -OCH3 is 1. The smallest absolute Gasteiger partial charge is 0.305 e. The maximum atomic E-state index is 10.8. The number of esters is 1. The molecule has 18 heavy (non-hydrogen) atoms. The number of aliphatic hydroxyl groups is 2. The molecular formula is C14H16O4. The molecule has 1 aromatic rings. The van der Waals surface area contributed by atoms with E-state index in [1.165, 1.54) is 7.11 Å². The van der Waals surface area contributed by atoms with Gasteiger partial charge in [0.2, 0.25) is 0 Å². The summed E-state index contributed by atoms with van der Waals surface area (Å²) < 4.78 is 4.51. The molecule has 0 aromatic heterocycles. The van der Waals surface area contributed by atoms with Crippen molar-refractivity contribution in [2.24, 2.45) is 0 Å². The van der Waals surface area contributed by atoms with Crippen molar-refractivity contribution in [3.8, 4) is 11.8 Å². The zero-order chi connectivity index (χ0) is 13.4. The number of ether oxygens (including phenoxy) is 1. The molecule has 1 rings (SSSR count). The first-order valence-corrected chi connectivity index (χ1v) is 5.65. The summed E-state index contributed by atoms with van der Waals surface area (Å²) in [5.41, 5.74) is 1.13. The first kappa shape index (κ1) is 14.2. The van der Waals surface area contributed by atoms with Crippen LogP contribution >= 0.6 is 0 Å². The Bertz CT molecular complexity index is 454. The van der Waals surface area contributed by atoms with Gasteiger partial charge in [-0.25, -0.2) is 0 Å². The lowest BCUT2D eigenvalue weighted by molar-refractivity contribution is -0.140. The Kier molecular flexibility index (Phi) is 5.92. The van der Waals surface area contributed by atoms with Crippen LogP contribution in [-0.4, -0.2) is 23.3 Å². The second-order valence-corrected chi connectivity index (χ2v) is 3.73. The van der Waals surface area contributed by atoms with Crippen molar-refractivity contribution in [1.29, 1.82) is 0 Å². The Balaban J connectivity index is 2.47. The highest BCUT2D eigenvalue weighted by Crippen LogP contribution is 2.11. The van der Waals surface area contributed by atoms with E-state index in [4.69, 9.17) is 10.2 Å². The van der Waals surface area contributed by atoms with E-state index in [1.807, 2.05) is 0 Å². The number of hydrogen-bond donors (Lipinski definition) is 2. The Hall–Kier alpha value is -1.83. The summed E-state index contributed by atoms with van der Waals surface area (Å²) >= 11 is 0. The van der Waals surface area contributed by atoms with Gasteiger partial charge in [-0.1, -0.05) is 24.0 Å². The van der Waals surface area contributed by atoms with Crippen molar-refractivity contribution in [2.75, 3.05) is 7.11 Å². The molecule has 0 saturated heterocycles. The van der Waals surface area contributed by atoms with Crippen LogP contribution in [0.4, 0.5) is 0 Å². The molecule has 0 amide bonds. The predicted octanol–water partition coefficient (Wildman–Crippen LogP) is 1.36. The quantitative estimate of drug-likeness (QED) is 0.365. The number of hydrogen-bond acceptors (Lipinski definition) is 4. The van der Waals surface area contributed by atoms with E-state index in [0.29, 0.717) is 24.8 Å². The summed E-state index contributed by atoms with van der Waals surface area (Å²) in [6, 6.07) is 6.75. The van der Waals surface area contributed by atoms with E-state index in [2.05, 4.69) is 16.6 Å². The van der Waals surface area contributed by atoms with Gasteiger partial charge in [0.25, 0.3) is 0 Å². The van der Waals surface area contributed by atoms with Crippen molar-refractivity contribution in [1.82, 2.24) is 0 Å². The Morgan fingerprint density at radius 1 is 1.44 bits per heavy atom. The maximum Gasteiger partial charge on any atom is 0.305 e. The van der Waals surface area contributed by atoms with Crippen LogP contribution in [-0.2, 0) is 9.53 Å². The molecule has 0 aliphatic rings. The lowest BCUT2D eigenvalue weighted by atomic mass is 10.1. The highest BCUT2D eigenvalue weighted by Gasteiger charge is 2.01. The van der Waals surface area contributed by atoms with Crippen LogP contribution < -0.4 is 0 Å². The first-order valence-electron chi connectivity index (χ1n) is 5.65. The summed E-state index contributed by atoms with van der Waals surface area (Å²) in [7, 11) is 1.36. The van der Waals surface area contributed by atoms with Gasteiger partial charge < -0.3 is 14.9 Å². The van der Waals surface area contributed by atoms with Crippen LogP contribution in [0.2, 0.25) is 0 Å². The lowest BCUT2D eigenvalue weighted by Gasteiger charge is -2.02. The summed E-state index contributed by atoms with van der Waals surface area (Å²) in [4.78, 5) is 10.8. The van der Waals surface area contributed by atoms with Crippen LogP contribution in [0.3, 0.4) is 0 Å². The standard InChI is InChI=1S/C14H16O4/c1-18-13(15)9-4-2-3-6-11-7-5-8-12(10-11)14(16)17/h5,7-8,10,14,16-17H,2,4,9H2,1H3. The molecule has 2 N–H and O–H groups in total. The summed E-state index contributed by atoms with van der Waals surface area (Å²) in [6.45, 7) is 0. The van der Waals surface area contributed by atoms with Gasteiger partial charge in [-0.2, -0.15) is 0 Å². The molecule has 0 bridgehead atoms. The van der Waals surface area contributed by atoms with Gasteiger partial charge in [-0.15, -0.1) is 0 Å². The fraction of sp³-hybridized carbons (Fsp3) is 0.357. The second kappa shape index (κ2) is 7.49. The SMILES string of the molecule is COC(=O)CCCC#Cc1cccc(C(O)O)c1. The minimum atomic E-state index is -1.48. The summed E-state index contributed by atoms with van der Waals surface area (Å²) in [5, 5.41) is 18.0. The monoisotopic (exact) mass is 248 g/mol. The van der Waals surface area contributed by atoms with Gasteiger partial charge in [0, 0.05) is 24.0 Å². The molecule has 1 aromatic carbocycles. The molecule has 0 fully saturated rings. The number of aliphatic hydroxyl groups excluding tert-OH is 1. The molecule has 4 nitrogen and oxygen atoms in total. The van der Waals surface area contributed by atoms with Crippen LogP contribution in [0.5, 0.6) is 0 Å². The third-order valence-electron chi connectivity index (χ3n) is 2.33. The van der Waals surface area contributed by atoms with Crippen molar-refractivity contribution in [3.05, 3.63) is 35.4 Å². The minimum Gasteiger partial charge on any atom is -0.469 e. The molecule has 0 aliphatic heterocycles. The topological polar surface area (TPSA) is 66.8 Å². The van der Waals surface area contributed by atoms with E-state index in [-0.39, 0.29) is 5.97 Å². The molecule has 0 heterocycles. The number of carbonyl (C=O) groups excluding carboxylic acids is 1. The van der Waals surface area contributed by atoms with Crippen LogP contribution in [0.25, 0.3) is 0 Å². The molecule has 4 heteroatoms. The highest BCUT2D eigenvalue weighted by molar-refractivity contribution is 5.69. The molecule has 0 spiro atoms. The zero-order valence-electron chi connectivity index (χ0n) is 10.2. The van der Waals surface area contributed by atoms with Crippen LogP contribution in [0.15, 0.2) is 24.3 Å². The maximum absolute atomic E-state index is 10.8. The zero-order valence-corrected chi connectivity index (χ0v) is 10.2. The fourth-order valence-corrected chi connectivity index (χ4v) is 1.36. The number of unbranched alkanes of at least 4 members (excludes halogenated alkanes) is 1. The van der Waals surface area contributed by atoms with Gasteiger partial charge >= 0.3 is 5.97 Å². The Labute approximate surface area is 106 Å². The van der Waals surface area contributed by atoms with E-state index < -0.39 is 6.29 Å². The molecule has 0 unspecified atom stereocenters. The van der Waals surface area contributed by atoms with E-state index in [1.54, 1.807) is 24.3 Å².